The number of carbonyl (C=O) groups excluding carboxylic acids is 1. The highest BCUT2D eigenvalue weighted by Crippen LogP contribution is 2.38. The van der Waals surface area contributed by atoms with Gasteiger partial charge in [-0.25, -0.2) is 0 Å². The number of nitrogens with one attached hydrogen (secondary N) is 1. The van der Waals surface area contributed by atoms with Gasteiger partial charge >= 0.3 is 5.97 Å². The zero-order valence-electron chi connectivity index (χ0n) is 21.7. The van der Waals surface area contributed by atoms with Crippen LogP contribution in [0.5, 0.6) is 0 Å². The highest BCUT2D eigenvalue weighted by Gasteiger charge is 2.33. The number of benzene rings is 2. The molecule has 0 spiro atoms. The van der Waals surface area contributed by atoms with Gasteiger partial charge in [0.1, 0.15) is 0 Å². The normalized spacial score (nSPS) is 22.2. The summed E-state index contributed by atoms with van der Waals surface area (Å²) >= 11 is 0. The van der Waals surface area contributed by atoms with E-state index in [1.165, 1.54) is 0 Å². The predicted octanol–water partition coefficient (Wildman–Crippen LogP) is 4.03. The average molecular weight is 527 g/mol. The van der Waals surface area contributed by atoms with Crippen LogP contribution in [0.2, 0.25) is 0 Å². The number of morpholine rings is 1. The van der Waals surface area contributed by atoms with E-state index in [0.29, 0.717) is 37.8 Å². The first-order valence-electron chi connectivity index (χ1n) is 13.4. The third kappa shape index (κ3) is 8.61. The van der Waals surface area contributed by atoms with Crippen LogP contribution in [0, 0.1) is 0 Å². The summed E-state index contributed by atoms with van der Waals surface area (Å²) < 4.78 is 18.4. The van der Waals surface area contributed by atoms with Gasteiger partial charge in [-0.05, 0) is 36.1 Å². The molecule has 0 aliphatic carbocycles. The van der Waals surface area contributed by atoms with Crippen molar-refractivity contribution >= 4 is 17.6 Å². The maximum atomic E-state index is 12.4. The van der Waals surface area contributed by atoms with Gasteiger partial charge in [0.05, 0.1) is 32.0 Å². The number of aliphatic hydroxyl groups excluding tert-OH is 1. The van der Waals surface area contributed by atoms with E-state index in [4.69, 9.17) is 19.3 Å². The Balaban J connectivity index is 1.41. The molecule has 9 heteroatoms. The van der Waals surface area contributed by atoms with Crippen molar-refractivity contribution in [2.24, 2.45) is 0 Å². The molecule has 2 aliphatic rings. The Hall–Kier alpha value is -2.82. The smallest absolute Gasteiger partial charge is 0.303 e. The monoisotopic (exact) mass is 526 g/mol. The lowest BCUT2D eigenvalue weighted by Gasteiger charge is -2.39. The molecule has 2 saturated heterocycles. The summed E-state index contributed by atoms with van der Waals surface area (Å²) in [5.74, 6) is -0.912. The number of amides is 1. The molecule has 38 heavy (non-hydrogen) atoms. The van der Waals surface area contributed by atoms with E-state index < -0.39 is 12.3 Å². The molecular formula is C29H38N2O7. The first-order valence-corrected chi connectivity index (χ1v) is 13.4. The van der Waals surface area contributed by atoms with Gasteiger partial charge in [-0.3, -0.25) is 14.5 Å². The van der Waals surface area contributed by atoms with Crippen molar-refractivity contribution in [1.29, 1.82) is 0 Å². The van der Waals surface area contributed by atoms with E-state index in [-0.39, 0.29) is 31.1 Å². The molecule has 2 heterocycles. The summed E-state index contributed by atoms with van der Waals surface area (Å²) in [6.07, 6.45) is 2.30. The number of hydrogen-bond donors (Lipinski definition) is 3. The number of rotatable bonds is 12. The number of hydrogen-bond acceptors (Lipinski definition) is 7. The lowest BCUT2D eigenvalue weighted by atomic mass is 9.99. The van der Waals surface area contributed by atoms with Crippen molar-refractivity contribution in [2.75, 3.05) is 38.2 Å². The SMILES string of the molecule is O=C(O)CCCCCC(=O)Nc1cccc(C2OC(CN3CCOCC3)CC(c3ccc(CO)cc3)O2)c1. The number of nitrogens with zero attached hydrogens (tertiary/aromatic N) is 1. The van der Waals surface area contributed by atoms with E-state index in [0.717, 1.165) is 49.5 Å². The van der Waals surface area contributed by atoms with E-state index in [1.54, 1.807) is 0 Å². The van der Waals surface area contributed by atoms with Gasteiger partial charge in [0, 0.05) is 50.1 Å². The summed E-state index contributed by atoms with van der Waals surface area (Å²) in [5, 5.41) is 21.1. The molecule has 3 unspecified atom stereocenters. The summed E-state index contributed by atoms with van der Waals surface area (Å²) in [6.45, 7) is 3.98. The average Bonchev–Trinajstić information content (AvgIpc) is 2.93. The number of ether oxygens (including phenoxy) is 3. The molecule has 9 nitrogen and oxygen atoms in total. The first-order chi connectivity index (χ1) is 18.5. The molecule has 3 N–H and O–H groups in total. The summed E-state index contributed by atoms with van der Waals surface area (Å²) in [7, 11) is 0. The van der Waals surface area contributed by atoms with Crippen LogP contribution < -0.4 is 5.32 Å². The van der Waals surface area contributed by atoms with Crippen molar-refractivity contribution in [2.45, 2.75) is 63.6 Å². The molecular weight excluding hydrogens is 488 g/mol. The standard InChI is InChI=1S/C29H38N2O7/c32-20-21-9-11-22(12-10-21)26-18-25(19-31-13-15-36-16-14-31)37-29(38-26)23-5-4-6-24(17-23)30-27(33)7-2-1-3-8-28(34)35/h4-6,9-12,17,25-26,29,32H,1-3,7-8,13-16,18-20H2,(H,30,33)(H,34,35). The minimum Gasteiger partial charge on any atom is -0.481 e. The number of carboxylic acids is 1. The van der Waals surface area contributed by atoms with Crippen molar-refractivity contribution in [1.82, 2.24) is 4.90 Å². The Morgan fingerprint density at radius 1 is 0.947 bits per heavy atom. The van der Waals surface area contributed by atoms with Crippen LogP contribution in [0.1, 0.15) is 67.6 Å². The Labute approximate surface area is 223 Å². The second-order valence-corrected chi connectivity index (χ2v) is 9.89. The van der Waals surface area contributed by atoms with Crippen LogP contribution in [-0.4, -0.2) is 65.9 Å². The van der Waals surface area contributed by atoms with E-state index in [1.807, 2.05) is 48.5 Å². The van der Waals surface area contributed by atoms with Gasteiger partial charge in [0.2, 0.25) is 5.91 Å². The maximum absolute atomic E-state index is 12.4. The number of carboxylic acid groups (broad SMARTS) is 1. The molecule has 0 radical (unpaired) electrons. The fourth-order valence-corrected chi connectivity index (χ4v) is 4.83. The number of carbonyl (C=O) groups is 2. The molecule has 2 aliphatic heterocycles. The molecule has 0 aromatic heterocycles. The molecule has 2 fully saturated rings. The van der Waals surface area contributed by atoms with Gasteiger partial charge in [-0.1, -0.05) is 42.8 Å². The van der Waals surface area contributed by atoms with E-state index in [9.17, 15) is 14.7 Å². The molecule has 2 aromatic rings. The summed E-state index contributed by atoms with van der Waals surface area (Å²) in [4.78, 5) is 25.4. The molecule has 0 saturated carbocycles. The topological polar surface area (TPSA) is 118 Å². The Morgan fingerprint density at radius 3 is 2.45 bits per heavy atom. The van der Waals surface area contributed by atoms with Gasteiger partial charge in [0.15, 0.2) is 6.29 Å². The summed E-state index contributed by atoms with van der Waals surface area (Å²) in [6, 6.07) is 15.4. The lowest BCUT2D eigenvalue weighted by molar-refractivity contribution is -0.253. The lowest BCUT2D eigenvalue weighted by Crippen LogP contribution is -2.44. The fourth-order valence-electron chi connectivity index (χ4n) is 4.83. The van der Waals surface area contributed by atoms with Crippen LogP contribution in [0.15, 0.2) is 48.5 Å². The first kappa shape index (κ1) is 28.2. The molecule has 3 atom stereocenters. The molecule has 4 rings (SSSR count). The van der Waals surface area contributed by atoms with Gasteiger partial charge in [-0.2, -0.15) is 0 Å². The van der Waals surface area contributed by atoms with Crippen molar-refractivity contribution in [3.05, 3.63) is 65.2 Å². The molecule has 206 valence electrons. The number of aliphatic hydroxyl groups is 1. The van der Waals surface area contributed by atoms with Crippen molar-refractivity contribution < 1.29 is 34.0 Å². The Bertz CT molecular complexity index is 1040. The third-order valence-electron chi connectivity index (χ3n) is 6.92. The zero-order chi connectivity index (χ0) is 26.7. The molecule has 1 amide bonds. The summed E-state index contributed by atoms with van der Waals surface area (Å²) in [5.41, 5.74) is 3.39. The largest absolute Gasteiger partial charge is 0.481 e. The highest BCUT2D eigenvalue weighted by molar-refractivity contribution is 5.90. The highest BCUT2D eigenvalue weighted by atomic mass is 16.7. The minimum atomic E-state index is -0.810. The van der Waals surface area contributed by atoms with E-state index in [2.05, 4.69) is 10.2 Å². The van der Waals surface area contributed by atoms with Crippen molar-refractivity contribution in [3.8, 4) is 0 Å². The minimum absolute atomic E-state index is 0.00194. The number of anilines is 1. The van der Waals surface area contributed by atoms with E-state index >= 15 is 0 Å². The number of aliphatic carboxylic acids is 1. The Kier molecular flexibility index (Phi) is 10.7. The second-order valence-electron chi connectivity index (χ2n) is 9.89. The van der Waals surface area contributed by atoms with Crippen LogP contribution in [-0.2, 0) is 30.4 Å². The van der Waals surface area contributed by atoms with Crippen LogP contribution >= 0.6 is 0 Å². The van der Waals surface area contributed by atoms with Gasteiger partial charge < -0.3 is 29.7 Å². The van der Waals surface area contributed by atoms with Crippen LogP contribution in [0.25, 0.3) is 0 Å². The van der Waals surface area contributed by atoms with Gasteiger partial charge in [0.25, 0.3) is 0 Å². The fraction of sp³-hybridized carbons (Fsp3) is 0.517. The van der Waals surface area contributed by atoms with Crippen LogP contribution in [0.3, 0.4) is 0 Å². The number of unbranched alkanes of at least 4 members (excludes halogenated alkanes) is 2. The maximum Gasteiger partial charge on any atom is 0.303 e. The zero-order valence-corrected chi connectivity index (χ0v) is 21.7. The molecule has 2 aromatic carbocycles. The van der Waals surface area contributed by atoms with Crippen molar-refractivity contribution in [3.63, 3.8) is 0 Å². The molecule has 0 bridgehead atoms. The van der Waals surface area contributed by atoms with Gasteiger partial charge in [-0.15, -0.1) is 0 Å². The predicted molar refractivity (Wildman–Crippen MR) is 141 cm³/mol. The Morgan fingerprint density at radius 2 is 1.71 bits per heavy atom. The quantitative estimate of drug-likeness (QED) is 0.355. The third-order valence-corrected chi connectivity index (χ3v) is 6.92. The van der Waals surface area contributed by atoms with Crippen LogP contribution in [0.4, 0.5) is 5.69 Å². The second kappa shape index (κ2) is 14.4.